The van der Waals surface area contributed by atoms with Crippen LogP contribution < -0.4 is 10.2 Å². The van der Waals surface area contributed by atoms with Gasteiger partial charge in [0, 0.05) is 5.69 Å². The van der Waals surface area contributed by atoms with Crippen LogP contribution in [-0.4, -0.2) is 18.1 Å². The smallest absolute Gasteiger partial charge is 0.328 e. The summed E-state index contributed by atoms with van der Waals surface area (Å²) >= 11 is 0. The zero-order chi connectivity index (χ0) is 13.5. The third-order valence-electron chi connectivity index (χ3n) is 2.09. The van der Waals surface area contributed by atoms with Gasteiger partial charge in [0.1, 0.15) is 6.04 Å². The van der Waals surface area contributed by atoms with E-state index in [2.05, 4.69) is 9.99 Å². The van der Waals surface area contributed by atoms with E-state index in [1.54, 1.807) is 31.2 Å². The molecule has 0 saturated heterocycles. The standard InChI is InChI=1S/C12H18NO4P/c1-8(2)15-12(14)9(3)13-10-4-6-11(7-5-10)16-17-18/h4-9,13H,18H2,1-3H3/t9-/m0/s1. The molecule has 0 heterocycles. The Morgan fingerprint density at radius 2 is 1.83 bits per heavy atom. The van der Waals surface area contributed by atoms with Crippen molar-refractivity contribution in [2.24, 2.45) is 0 Å². The molecule has 0 aromatic heterocycles. The quantitative estimate of drug-likeness (QED) is 0.373. The summed E-state index contributed by atoms with van der Waals surface area (Å²) in [6.45, 7) is 5.39. The first-order valence-electron chi connectivity index (χ1n) is 5.63. The third-order valence-corrected chi connectivity index (χ3v) is 2.18. The molecular formula is C12H18NO4P. The molecule has 0 aliphatic heterocycles. The van der Waals surface area contributed by atoms with E-state index in [-0.39, 0.29) is 12.1 Å². The van der Waals surface area contributed by atoms with Crippen LogP contribution >= 0.6 is 9.47 Å². The highest BCUT2D eigenvalue weighted by Crippen LogP contribution is 2.17. The predicted octanol–water partition coefficient (Wildman–Crippen LogP) is 2.54. The van der Waals surface area contributed by atoms with Crippen LogP contribution in [0.2, 0.25) is 0 Å². The van der Waals surface area contributed by atoms with Gasteiger partial charge in [0.25, 0.3) is 0 Å². The normalized spacial score (nSPS) is 12.1. The van der Waals surface area contributed by atoms with Gasteiger partial charge in [0.2, 0.25) is 0 Å². The van der Waals surface area contributed by atoms with Gasteiger partial charge >= 0.3 is 5.97 Å². The van der Waals surface area contributed by atoms with Crippen molar-refractivity contribution in [3.63, 3.8) is 0 Å². The van der Waals surface area contributed by atoms with Crippen LogP contribution in [0.3, 0.4) is 0 Å². The molecule has 1 aromatic carbocycles. The molecule has 0 bridgehead atoms. The Labute approximate surface area is 109 Å². The Morgan fingerprint density at radius 3 is 2.33 bits per heavy atom. The van der Waals surface area contributed by atoms with Gasteiger partial charge in [-0.15, -0.1) is 0 Å². The first-order valence-corrected chi connectivity index (χ1v) is 6.10. The second-order valence-corrected chi connectivity index (χ2v) is 4.25. The third kappa shape index (κ3) is 4.90. The fourth-order valence-electron chi connectivity index (χ4n) is 1.31. The fraction of sp³-hybridized carbons (Fsp3) is 0.417. The molecule has 1 aromatic rings. The van der Waals surface area contributed by atoms with Crippen molar-refractivity contribution in [1.29, 1.82) is 0 Å². The number of carbonyl (C=O) groups is 1. The van der Waals surface area contributed by atoms with Gasteiger partial charge < -0.3 is 14.9 Å². The number of carbonyl (C=O) groups excluding carboxylic acids is 1. The zero-order valence-corrected chi connectivity index (χ0v) is 11.8. The summed E-state index contributed by atoms with van der Waals surface area (Å²) in [4.78, 5) is 16.4. The summed E-state index contributed by atoms with van der Waals surface area (Å²) in [5.74, 6) is 0.298. The topological polar surface area (TPSA) is 56.8 Å². The van der Waals surface area contributed by atoms with E-state index >= 15 is 0 Å². The van der Waals surface area contributed by atoms with E-state index < -0.39 is 6.04 Å². The van der Waals surface area contributed by atoms with E-state index in [0.29, 0.717) is 5.75 Å². The number of hydrogen-bond donors (Lipinski definition) is 1. The molecule has 0 spiro atoms. The SMILES string of the molecule is CC(C)OC(=O)[C@H](C)Nc1ccc(OOP)cc1. The van der Waals surface area contributed by atoms with Crippen molar-refractivity contribution < 1.29 is 19.1 Å². The van der Waals surface area contributed by atoms with Crippen LogP contribution in [0.25, 0.3) is 0 Å². The van der Waals surface area contributed by atoms with E-state index in [0.717, 1.165) is 5.69 Å². The first kappa shape index (κ1) is 14.7. The Balaban J connectivity index is 2.53. The second-order valence-electron chi connectivity index (χ2n) is 4.06. The maximum absolute atomic E-state index is 11.6. The predicted molar refractivity (Wildman–Crippen MR) is 72.2 cm³/mol. The molecule has 0 saturated carbocycles. The van der Waals surface area contributed by atoms with Gasteiger partial charge in [0.15, 0.2) is 5.75 Å². The molecular weight excluding hydrogens is 253 g/mol. The fourth-order valence-corrected chi connectivity index (χ4v) is 1.42. The molecule has 6 heteroatoms. The molecule has 1 unspecified atom stereocenters. The highest BCUT2D eigenvalue weighted by Gasteiger charge is 2.15. The van der Waals surface area contributed by atoms with Crippen LogP contribution in [0.15, 0.2) is 24.3 Å². The van der Waals surface area contributed by atoms with E-state index in [1.807, 2.05) is 23.3 Å². The summed E-state index contributed by atoms with van der Waals surface area (Å²) in [5.41, 5.74) is 0.805. The lowest BCUT2D eigenvalue weighted by atomic mass is 10.2. The lowest BCUT2D eigenvalue weighted by molar-refractivity contribution is -0.147. The number of hydrogen-bond acceptors (Lipinski definition) is 5. The average molecular weight is 271 g/mol. The van der Waals surface area contributed by atoms with Crippen LogP contribution in [0, 0.1) is 0 Å². The van der Waals surface area contributed by atoms with Crippen LogP contribution in [0.1, 0.15) is 20.8 Å². The summed E-state index contributed by atoms with van der Waals surface area (Å²) in [6, 6.07) is 6.63. The number of esters is 1. The van der Waals surface area contributed by atoms with Crippen molar-refractivity contribution in [3.8, 4) is 5.75 Å². The van der Waals surface area contributed by atoms with Crippen molar-refractivity contribution in [3.05, 3.63) is 24.3 Å². The molecule has 0 aliphatic carbocycles. The zero-order valence-electron chi connectivity index (χ0n) is 10.7. The van der Waals surface area contributed by atoms with Crippen molar-refractivity contribution in [1.82, 2.24) is 0 Å². The van der Waals surface area contributed by atoms with Gasteiger partial charge in [-0.3, -0.25) is 0 Å². The van der Waals surface area contributed by atoms with Gasteiger partial charge in [-0.1, -0.05) is 0 Å². The number of nitrogens with one attached hydrogen (secondary N) is 1. The number of rotatable bonds is 6. The van der Waals surface area contributed by atoms with E-state index in [4.69, 9.17) is 9.62 Å². The Morgan fingerprint density at radius 1 is 1.22 bits per heavy atom. The van der Waals surface area contributed by atoms with Gasteiger partial charge in [-0.05, 0) is 45.0 Å². The molecule has 1 rings (SSSR count). The minimum Gasteiger partial charge on any atom is -0.461 e. The van der Waals surface area contributed by atoms with Gasteiger partial charge in [-0.25, -0.2) is 4.79 Å². The number of benzene rings is 1. The molecule has 0 fully saturated rings. The molecule has 1 N–H and O–H groups in total. The van der Waals surface area contributed by atoms with Crippen molar-refractivity contribution >= 4 is 21.1 Å². The van der Waals surface area contributed by atoms with Gasteiger partial charge in [-0.2, -0.15) is 4.67 Å². The maximum Gasteiger partial charge on any atom is 0.328 e. The number of anilines is 1. The molecule has 0 aliphatic rings. The highest BCUT2D eigenvalue weighted by atomic mass is 31.0. The van der Waals surface area contributed by atoms with E-state index in [1.165, 1.54) is 0 Å². The molecule has 18 heavy (non-hydrogen) atoms. The molecule has 100 valence electrons. The number of ether oxygens (including phenoxy) is 1. The average Bonchev–Trinajstić information content (AvgIpc) is 2.31. The lowest BCUT2D eigenvalue weighted by Gasteiger charge is -2.16. The van der Waals surface area contributed by atoms with E-state index in [9.17, 15) is 4.79 Å². The van der Waals surface area contributed by atoms with Crippen molar-refractivity contribution in [2.75, 3.05) is 5.32 Å². The lowest BCUT2D eigenvalue weighted by Crippen LogP contribution is -2.30. The molecule has 5 nitrogen and oxygen atoms in total. The largest absolute Gasteiger partial charge is 0.461 e. The second kappa shape index (κ2) is 7.19. The summed E-state index contributed by atoms with van der Waals surface area (Å²) < 4.78 is 9.55. The first-order chi connectivity index (χ1) is 8.52. The minimum atomic E-state index is -0.405. The Hall–Kier alpha value is -1.32. The highest BCUT2D eigenvalue weighted by molar-refractivity contribution is 7.09. The molecule has 0 amide bonds. The minimum absolute atomic E-state index is 0.114. The maximum atomic E-state index is 11.6. The Kier molecular flexibility index (Phi) is 5.89. The van der Waals surface area contributed by atoms with Crippen LogP contribution in [0.4, 0.5) is 5.69 Å². The van der Waals surface area contributed by atoms with Crippen LogP contribution in [-0.2, 0) is 14.2 Å². The summed E-state index contributed by atoms with van der Waals surface area (Å²) in [5, 5.41) is 3.04. The van der Waals surface area contributed by atoms with Crippen LogP contribution in [0.5, 0.6) is 5.75 Å². The molecule has 0 radical (unpaired) electrons. The Bertz CT molecular complexity index is 380. The van der Waals surface area contributed by atoms with Crippen molar-refractivity contribution in [2.45, 2.75) is 32.9 Å². The molecule has 2 atom stereocenters. The van der Waals surface area contributed by atoms with Gasteiger partial charge in [0.05, 0.1) is 15.6 Å². The summed E-state index contributed by atoms with van der Waals surface area (Å²) in [6.07, 6.45) is -0.114. The monoisotopic (exact) mass is 271 g/mol. The summed E-state index contributed by atoms with van der Waals surface area (Å²) in [7, 11) is 1.99.